The minimum absolute atomic E-state index is 0.0445. The molecular weight excluding hydrogens is 496 g/mol. The number of carbonyl (C=O) groups is 1. The smallest absolute Gasteiger partial charge is 0.288 e. The van der Waals surface area contributed by atoms with Crippen LogP contribution >= 0.6 is 15.9 Å². The highest BCUT2D eigenvalue weighted by atomic mass is 79.9. The first-order valence-electron chi connectivity index (χ1n) is 12.0. The van der Waals surface area contributed by atoms with Crippen LogP contribution in [0.1, 0.15) is 36.3 Å². The van der Waals surface area contributed by atoms with Crippen molar-refractivity contribution < 1.29 is 19.4 Å². The van der Waals surface area contributed by atoms with Crippen LogP contribution in [-0.2, 0) is 20.8 Å². The van der Waals surface area contributed by atoms with Crippen molar-refractivity contribution in [1.82, 2.24) is 9.80 Å². The molecule has 0 bridgehead atoms. The van der Waals surface area contributed by atoms with Gasteiger partial charge in [0, 0.05) is 56.1 Å². The third-order valence-corrected chi connectivity index (χ3v) is 6.86. The van der Waals surface area contributed by atoms with E-state index in [4.69, 9.17) is 14.6 Å². The first-order chi connectivity index (χ1) is 16.6. The molecule has 0 aromatic heterocycles. The van der Waals surface area contributed by atoms with Crippen molar-refractivity contribution in [3.05, 3.63) is 82.0 Å². The zero-order valence-corrected chi connectivity index (χ0v) is 21.0. The number of ether oxygens (including phenoxy) is 2. The van der Waals surface area contributed by atoms with Crippen molar-refractivity contribution in [1.29, 1.82) is 0 Å². The van der Waals surface area contributed by atoms with Gasteiger partial charge in [-0.15, -0.1) is 0 Å². The van der Waals surface area contributed by atoms with Gasteiger partial charge in [-0.2, -0.15) is 0 Å². The molecule has 2 aliphatic rings. The zero-order valence-electron chi connectivity index (χ0n) is 19.4. The SMILES string of the molecule is O=C(C1=C[C@H](c2ccc(Br)cc2)C[C@H](OCCCCO)O1)N1CCN(Cc2ccccc2)CC1. The Labute approximate surface area is 210 Å². The number of aliphatic hydroxyl groups is 1. The van der Waals surface area contributed by atoms with Crippen molar-refractivity contribution in [3.63, 3.8) is 0 Å². The second-order valence-corrected chi connectivity index (χ2v) is 9.74. The molecule has 6 nitrogen and oxygen atoms in total. The summed E-state index contributed by atoms with van der Waals surface area (Å²) in [6, 6.07) is 18.6. The molecule has 1 amide bonds. The zero-order chi connectivity index (χ0) is 23.8. The first-order valence-corrected chi connectivity index (χ1v) is 12.8. The Kier molecular flexibility index (Phi) is 9.16. The molecule has 1 N–H and O–H groups in total. The van der Waals surface area contributed by atoms with E-state index >= 15 is 0 Å². The Bertz CT molecular complexity index is 943. The predicted octanol–water partition coefficient (Wildman–Crippen LogP) is 4.30. The number of halogens is 1. The Balaban J connectivity index is 1.40. The van der Waals surface area contributed by atoms with E-state index in [0.717, 1.165) is 36.1 Å². The second kappa shape index (κ2) is 12.5. The first kappa shape index (κ1) is 24.9. The summed E-state index contributed by atoms with van der Waals surface area (Å²) in [6.07, 6.45) is 3.58. The fraction of sp³-hybridized carbons (Fsp3) is 0.444. The number of nitrogens with zero attached hydrogens (tertiary/aromatic N) is 2. The molecule has 2 atom stereocenters. The Morgan fingerprint density at radius 2 is 1.76 bits per heavy atom. The van der Waals surface area contributed by atoms with Gasteiger partial charge in [-0.3, -0.25) is 9.69 Å². The highest BCUT2D eigenvalue weighted by Crippen LogP contribution is 2.33. The van der Waals surface area contributed by atoms with Crippen LogP contribution in [0, 0.1) is 0 Å². The van der Waals surface area contributed by atoms with Crippen molar-refractivity contribution in [2.75, 3.05) is 39.4 Å². The van der Waals surface area contributed by atoms with Gasteiger partial charge in [0.25, 0.3) is 5.91 Å². The van der Waals surface area contributed by atoms with Gasteiger partial charge >= 0.3 is 0 Å². The van der Waals surface area contributed by atoms with Crippen LogP contribution in [-0.4, -0.2) is 66.5 Å². The third-order valence-electron chi connectivity index (χ3n) is 6.33. The van der Waals surface area contributed by atoms with Gasteiger partial charge < -0.3 is 19.5 Å². The van der Waals surface area contributed by atoms with E-state index in [9.17, 15) is 4.79 Å². The van der Waals surface area contributed by atoms with Crippen LogP contribution in [0.5, 0.6) is 0 Å². The van der Waals surface area contributed by atoms with Crippen LogP contribution in [0.3, 0.4) is 0 Å². The molecule has 0 unspecified atom stereocenters. The number of hydrogen-bond acceptors (Lipinski definition) is 5. The van der Waals surface area contributed by atoms with Gasteiger partial charge in [-0.05, 0) is 42.2 Å². The Morgan fingerprint density at radius 3 is 2.47 bits per heavy atom. The number of hydrogen-bond donors (Lipinski definition) is 1. The van der Waals surface area contributed by atoms with Crippen LogP contribution in [0.15, 0.2) is 70.9 Å². The molecule has 0 aliphatic carbocycles. The van der Waals surface area contributed by atoms with Crippen molar-refractivity contribution in [2.45, 2.75) is 38.0 Å². The fourth-order valence-corrected chi connectivity index (χ4v) is 4.65. The molecule has 7 heteroatoms. The normalized spacial score (nSPS) is 21.1. The highest BCUT2D eigenvalue weighted by molar-refractivity contribution is 9.10. The molecular formula is C27H33BrN2O4. The molecule has 2 aromatic rings. The second-order valence-electron chi connectivity index (χ2n) is 8.83. The monoisotopic (exact) mass is 528 g/mol. The molecule has 1 fully saturated rings. The topological polar surface area (TPSA) is 62.2 Å². The molecule has 4 rings (SSSR count). The standard InChI is InChI=1S/C27H33BrN2O4/c28-24-10-8-22(9-11-24)23-18-25(34-26(19-23)33-17-5-4-16-31)27(32)30-14-12-29(13-15-30)20-21-6-2-1-3-7-21/h1-3,6-11,18,23,26,31H,4-5,12-17,19-20H2/t23-,26+/m0/s1. The van der Waals surface area contributed by atoms with Gasteiger partial charge in [0.1, 0.15) is 0 Å². The lowest BCUT2D eigenvalue weighted by atomic mass is 9.93. The average Bonchev–Trinajstić information content (AvgIpc) is 2.87. The van der Waals surface area contributed by atoms with Crippen LogP contribution in [0.2, 0.25) is 0 Å². The summed E-state index contributed by atoms with van der Waals surface area (Å²) in [5.74, 6) is 0.357. The number of allylic oxidation sites excluding steroid dienone is 1. The predicted molar refractivity (Wildman–Crippen MR) is 135 cm³/mol. The van der Waals surface area contributed by atoms with Gasteiger partial charge in [-0.1, -0.05) is 58.4 Å². The fourth-order valence-electron chi connectivity index (χ4n) is 4.39. The lowest BCUT2D eigenvalue weighted by Gasteiger charge is -2.36. The maximum Gasteiger partial charge on any atom is 0.288 e. The highest BCUT2D eigenvalue weighted by Gasteiger charge is 2.32. The van der Waals surface area contributed by atoms with Crippen molar-refractivity contribution in [2.24, 2.45) is 0 Å². The number of carbonyl (C=O) groups excluding carboxylic acids is 1. The van der Waals surface area contributed by atoms with Gasteiger partial charge in [0.15, 0.2) is 5.76 Å². The van der Waals surface area contributed by atoms with Crippen LogP contribution in [0.4, 0.5) is 0 Å². The molecule has 0 spiro atoms. The van der Waals surface area contributed by atoms with Gasteiger partial charge in [0.05, 0.1) is 6.61 Å². The van der Waals surface area contributed by atoms with Gasteiger partial charge in [0.2, 0.25) is 6.29 Å². The lowest BCUT2D eigenvalue weighted by molar-refractivity contribution is -0.154. The average molecular weight is 529 g/mol. The summed E-state index contributed by atoms with van der Waals surface area (Å²) < 4.78 is 13.0. The van der Waals surface area contributed by atoms with E-state index in [1.165, 1.54) is 5.56 Å². The molecule has 0 radical (unpaired) electrons. The van der Waals surface area contributed by atoms with E-state index < -0.39 is 6.29 Å². The van der Waals surface area contributed by atoms with Crippen molar-refractivity contribution >= 4 is 21.8 Å². The van der Waals surface area contributed by atoms with E-state index in [1.807, 2.05) is 29.2 Å². The van der Waals surface area contributed by atoms with Crippen LogP contribution < -0.4 is 0 Å². The molecule has 2 aliphatic heterocycles. The number of piperazine rings is 1. The number of unbranched alkanes of at least 4 members (excludes halogenated alkanes) is 1. The number of aliphatic hydroxyl groups excluding tert-OH is 1. The number of rotatable bonds is 9. The van der Waals surface area contributed by atoms with Gasteiger partial charge in [-0.25, -0.2) is 0 Å². The summed E-state index contributed by atoms with van der Waals surface area (Å²) >= 11 is 3.49. The third kappa shape index (κ3) is 6.92. The lowest BCUT2D eigenvalue weighted by Crippen LogP contribution is -2.49. The number of amides is 1. The molecule has 2 aromatic carbocycles. The summed E-state index contributed by atoms with van der Waals surface area (Å²) in [7, 11) is 0. The summed E-state index contributed by atoms with van der Waals surface area (Å²) in [5, 5.41) is 9.02. The van der Waals surface area contributed by atoms with Crippen molar-refractivity contribution in [3.8, 4) is 0 Å². The minimum atomic E-state index is -0.476. The maximum absolute atomic E-state index is 13.4. The largest absolute Gasteiger partial charge is 0.459 e. The summed E-state index contributed by atoms with van der Waals surface area (Å²) in [5.41, 5.74) is 2.42. The number of benzene rings is 2. The van der Waals surface area contributed by atoms with Crippen LogP contribution in [0.25, 0.3) is 0 Å². The Morgan fingerprint density at radius 1 is 1.03 bits per heavy atom. The molecule has 34 heavy (non-hydrogen) atoms. The molecule has 0 saturated carbocycles. The summed E-state index contributed by atoms with van der Waals surface area (Å²) in [6.45, 7) is 4.58. The van der Waals surface area contributed by atoms with E-state index in [1.54, 1.807) is 0 Å². The molecule has 1 saturated heterocycles. The molecule has 182 valence electrons. The molecule has 2 heterocycles. The summed E-state index contributed by atoms with van der Waals surface area (Å²) in [4.78, 5) is 17.7. The van der Waals surface area contributed by atoms with E-state index in [0.29, 0.717) is 38.3 Å². The maximum atomic E-state index is 13.4. The quantitative estimate of drug-likeness (QED) is 0.491. The Hall–Kier alpha value is -2.19. The minimum Gasteiger partial charge on any atom is -0.459 e. The van der Waals surface area contributed by atoms with E-state index in [2.05, 4.69) is 57.2 Å². The van der Waals surface area contributed by atoms with E-state index in [-0.39, 0.29) is 18.4 Å².